The lowest BCUT2D eigenvalue weighted by molar-refractivity contribution is 0.0954. The van der Waals surface area contributed by atoms with E-state index in [1.165, 1.54) is 43.5 Å². The molecule has 2 fully saturated rings. The third kappa shape index (κ3) is 2.15. The summed E-state index contributed by atoms with van der Waals surface area (Å²) in [4.78, 5) is 11.8. The zero-order valence-corrected chi connectivity index (χ0v) is 10.0. The summed E-state index contributed by atoms with van der Waals surface area (Å²) in [6.07, 6.45) is 4.76. The van der Waals surface area contributed by atoms with Gasteiger partial charge in [0.1, 0.15) is 5.82 Å². The standard InChI is InChI=1S/C14H15FN2O/c15-12-5-3-10(4-6-12)14(18)17-16-13-8-9-1-2-11(13)7-9/h3-6,9,11H,1-2,7-8H2,(H,17,18). The average molecular weight is 246 g/mol. The Morgan fingerprint density at radius 1 is 1.28 bits per heavy atom. The predicted octanol–water partition coefficient (Wildman–Crippen LogP) is 2.73. The van der Waals surface area contributed by atoms with E-state index in [9.17, 15) is 9.18 Å². The molecule has 2 bridgehead atoms. The van der Waals surface area contributed by atoms with Crippen LogP contribution in [0.2, 0.25) is 0 Å². The van der Waals surface area contributed by atoms with Gasteiger partial charge in [-0.2, -0.15) is 5.10 Å². The van der Waals surface area contributed by atoms with Crippen molar-refractivity contribution in [2.75, 3.05) is 0 Å². The van der Waals surface area contributed by atoms with Crippen LogP contribution in [0, 0.1) is 17.7 Å². The van der Waals surface area contributed by atoms with Crippen molar-refractivity contribution in [2.45, 2.75) is 25.7 Å². The first-order valence-corrected chi connectivity index (χ1v) is 6.35. The lowest BCUT2D eigenvalue weighted by atomic mass is 9.99. The third-order valence-corrected chi connectivity index (χ3v) is 3.92. The van der Waals surface area contributed by atoms with E-state index in [-0.39, 0.29) is 11.7 Å². The molecule has 0 heterocycles. The number of halogens is 1. The Morgan fingerprint density at radius 3 is 2.67 bits per heavy atom. The first-order chi connectivity index (χ1) is 8.72. The van der Waals surface area contributed by atoms with E-state index >= 15 is 0 Å². The zero-order valence-electron chi connectivity index (χ0n) is 10.0. The zero-order chi connectivity index (χ0) is 12.5. The molecule has 0 aromatic heterocycles. The van der Waals surface area contributed by atoms with E-state index in [2.05, 4.69) is 10.5 Å². The van der Waals surface area contributed by atoms with E-state index < -0.39 is 0 Å². The fraction of sp³-hybridized carbons (Fsp3) is 0.429. The maximum atomic E-state index is 12.7. The molecule has 4 heteroatoms. The summed E-state index contributed by atoms with van der Waals surface area (Å²) in [5.41, 5.74) is 4.13. The summed E-state index contributed by atoms with van der Waals surface area (Å²) in [6, 6.07) is 5.48. The molecule has 0 spiro atoms. The van der Waals surface area contributed by atoms with Gasteiger partial charge >= 0.3 is 0 Å². The molecule has 3 rings (SSSR count). The molecule has 0 aliphatic heterocycles. The summed E-state index contributed by atoms with van der Waals surface area (Å²) >= 11 is 0. The first-order valence-electron chi connectivity index (χ1n) is 6.35. The number of hydrazone groups is 1. The van der Waals surface area contributed by atoms with E-state index in [1.54, 1.807) is 0 Å². The highest BCUT2D eigenvalue weighted by atomic mass is 19.1. The van der Waals surface area contributed by atoms with Gasteiger partial charge in [-0.25, -0.2) is 9.82 Å². The molecule has 18 heavy (non-hydrogen) atoms. The van der Waals surface area contributed by atoms with Gasteiger partial charge in [-0.1, -0.05) is 0 Å². The molecular formula is C14H15FN2O. The second-order valence-electron chi connectivity index (χ2n) is 5.13. The number of nitrogens with one attached hydrogen (secondary N) is 1. The van der Waals surface area contributed by atoms with Crippen LogP contribution in [0.5, 0.6) is 0 Å². The topological polar surface area (TPSA) is 41.5 Å². The van der Waals surface area contributed by atoms with Crippen molar-refractivity contribution in [3.8, 4) is 0 Å². The van der Waals surface area contributed by atoms with E-state index in [0.29, 0.717) is 11.5 Å². The Balaban J connectivity index is 1.65. The summed E-state index contributed by atoms with van der Waals surface area (Å²) in [6.45, 7) is 0. The number of rotatable bonds is 2. The average Bonchev–Trinajstić information content (AvgIpc) is 2.99. The first kappa shape index (κ1) is 11.4. The highest BCUT2D eigenvalue weighted by molar-refractivity contribution is 5.96. The molecule has 0 radical (unpaired) electrons. The molecular weight excluding hydrogens is 231 g/mol. The number of carbonyl (C=O) groups is 1. The SMILES string of the molecule is O=C(NN=C1CC2CCC1C2)c1ccc(F)cc1. The van der Waals surface area contributed by atoms with Crippen LogP contribution < -0.4 is 5.43 Å². The lowest BCUT2D eigenvalue weighted by Crippen LogP contribution is -2.21. The largest absolute Gasteiger partial charge is 0.271 e. The molecule has 1 aromatic rings. The van der Waals surface area contributed by atoms with E-state index in [1.807, 2.05) is 0 Å². The minimum absolute atomic E-state index is 0.273. The fourth-order valence-electron chi connectivity index (χ4n) is 2.95. The van der Waals surface area contributed by atoms with Crippen molar-refractivity contribution in [3.05, 3.63) is 35.6 Å². The Hall–Kier alpha value is -1.71. The molecule has 0 saturated heterocycles. The van der Waals surface area contributed by atoms with Crippen LogP contribution >= 0.6 is 0 Å². The Bertz CT molecular complexity index is 495. The lowest BCUT2D eigenvalue weighted by Gasteiger charge is -2.11. The predicted molar refractivity (Wildman–Crippen MR) is 66.7 cm³/mol. The third-order valence-electron chi connectivity index (χ3n) is 3.92. The molecule has 2 atom stereocenters. The molecule has 2 saturated carbocycles. The number of benzene rings is 1. The number of fused-ring (bicyclic) bond motifs is 2. The molecule has 1 aromatic carbocycles. The van der Waals surface area contributed by atoms with Gasteiger partial charge < -0.3 is 0 Å². The quantitative estimate of drug-likeness (QED) is 0.801. The van der Waals surface area contributed by atoms with Crippen LogP contribution in [0.4, 0.5) is 4.39 Å². The van der Waals surface area contributed by atoms with Gasteiger partial charge in [-0.05, 0) is 61.8 Å². The molecule has 94 valence electrons. The Labute approximate surface area is 105 Å². The monoisotopic (exact) mass is 246 g/mol. The Morgan fingerprint density at radius 2 is 2.06 bits per heavy atom. The molecule has 2 aliphatic carbocycles. The van der Waals surface area contributed by atoms with E-state index in [0.717, 1.165) is 18.1 Å². The smallest absolute Gasteiger partial charge is 0.267 e. The summed E-state index contributed by atoms with van der Waals surface area (Å²) in [5.74, 6) is 0.733. The van der Waals surface area contributed by atoms with Gasteiger partial charge in [0.25, 0.3) is 5.91 Å². The molecule has 1 amide bonds. The maximum Gasteiger partial charge on any atom is 0.271 e. The highest BCUT2D eigenvalue weighted by Gasteiger charge is 2.36. The van der Waals surface area contributed by atoms with Gasteiger partial charge in [0, 0.05) is 11.3 Å². The minimum Gasteiger partial charge on any atom is -0.267 e. The van der Waals surface area contributed by atoms with Crippen LogP contribution in [0.3, 0.4) is 0 Å². The number of nitrogens with zero attached hydrogens (tertiary/aromatic N) is 1. The van der Waals surface area contributed by atoms with Gasteiger partial charge in [0.05, 0.1) is 0 Å². The van der Waals surface area contributed by atoms with Crippen molar-refractivity contribution < 1.29 is 9.18 Å². The summed E-state index contributed by atoms with van der Waals surface area (Å²) in [7, 11) is 0. The summed E-state index contributed by atoms with van der Waals surface area (Å²) < 4.78 is 12.7. The maximum absolute atomic E-state index is 12.7. The number of hydrogen-bond acceptors (Lipinski definition) is 2. The van der Waals surface area contributed by atoms with Gasteiger partial charge in [-0.3, -0.25) is 4.79 Å². The van der Waals surface area contributed by atoms with Crippen LogP contribution in [-0.4, -0.2) is 11.6 Å². The van der Waals surface area contributed by atoms with Crippen molar-refractivity contribution in [3.63, 3.8) is 0 Å². The van der Waals surface area contributed by atoms with Crippen LogP contribution in [0.25, 0.3) is 0 Å². The second kappa shape index (κ2) is 4.52. The Kier molecular flexibility index (Phi) is 2.86. The van der Waals surface area contributed by atoms with Crippen molar-refractivity contribution >= 4 is 11.6 Å². The molecule has 3 nitrogen and oxygen atoms in total. The number of carbonyl (C=O) groups excluding carboxylic acids is 1. The second-order valence-corrected chi connectivity index (χ2v) is 5.13. The van der Waals surface area contributed by atoms with Gasteiger partial charge in [0.2, 0.25) is 0 Å². The van der Waals surface area contributed by atoms with Crippen LogP contribution in [0.15, 0.2) is 29.4 Å². The van der Waals surface area contributed by atoms with Crippen molar-refractivity contribution in [1.29, 1.82) is 0 Å². The fourth-order valence-corrected chi connectivity index (χ4v) is 2.95. The van der Waals surface area contributed by atoms with Crippen LogP contribution in [-0.2, 0) is 0 Å². The van der Waals surface area contributed by atoms with Crippen LogP contribution in [0.1, 0.15) is 36.0 Å². The number of amides is 1. The molecule has 2 unspecified atom stereocenters. The van der Waals surface area contributed by atoms with Gasteiger partial charge in [-0.15, -0.1) is 0 Å². The van der Waals surface area contributed by atoms with Crippen molar-refractivity contribution in [1.82, 2.24) is 5.43 Å². The van der Waals surface area contributed by atoms with E-state index in [4.69, 9.17) is 0 Å². The molecule has 2 aliphatic rings. The normalized spacial score (nSPS) is 27.7. The highest BCUT2D eigenvalue weighted by Crippen LogP contribution is 2.42. The minimum atomic E-state index is -0.342. The summed E-state index contributed by atoms with van der Waals surface area (Å²) in [5, 5.41) is 4.23. The van der Waals surface area contributed by atoms with Crippen molar-refractivity contribution in [2.24, 2.45) is 16.9 Å². The molecule has 1 N–H and O–H groups in total. The number of hydrogen-bond donors (Lipinski definition) is 1. The van der Waals surface area contributed by atoms with Gasteiger partial charge in [0.15, 0.2) is 0 Å².